The molecule has 0 radical (unpaired) electrons. The van der Waals surface area contributed by atoms with E-state index in [0.717, 1.165) is 11.1 Å². The molecule has 0 spiro atoms. The summed E-state index contributed by atoms with van der Waals surface area (Å²) in [4.78, 5) is 4.24. The minimum absolute atomic E-state index is 0.0922. The van der Waals surface area contributed by atoms with Crippen molar-refractivity contribution in [2.24, 2.45) is 0 Å². The number of nitrogens with zero attached hydrogens (tertiary/aromatic N) is 1. The zero-order valence-electron chi connectivity index (χ0n) is 17.7. The first-order valence-corrected chi connectivity index (χ1v) is 12.9. The van der Waals surface area contributed by atoms with Crippen LogP contribution in [0.3, 0.4) is 0 Å². The molecule has 1 aromatic heterocycles. The Hall–Kier alpha value is -2.55. The first-order chi connectivity index (χ1) is 14.6. The molecule has 3 aromatic rings. The molecule has 0 amide bonds. The summed E-state index contributed by atoms with van der Waals surface area (Å²) in [5.41, 5.74) is 2.37. The molecule has 3 rings (SSSR count). The number of sulfonamides is 1. The van der Waals surface area contributed by atoms with Gasteiger partial charge in [-0.2, -0.15) is 0 Å². The molecule has 0 unspecified atom stereocenters. The molecule has 0 aliphatic rings. The lowest BCUT2D eigenvalue weighted by Crippen LogP contribution is -2.32. The fraction of sp³-hybridized carbons (Fsp3) is 0.261. The standard InChI is InChI=1S/C23H26N2O4S2/c1-17(2)19-8-12-22(13-9-19)31(28,29)25-16-23(20-5-4-14-24-15-20)30(26,27)21-10-6-18(3)7-11-21/h4-15,17,23,25H,16H2,1-3H3/t23-/m1/s1. The van der Waals surface area contributed by atoms with Crippen LogP contribution in [-0.2, 0) is 19.9 Å². The van der Waals surface area contributed by atoms with E-state index in [4.69, 9.17) is 0 Å². The van der Waals surface area contributed by atoms with Crippen LogP contribution >= 0.6 is 0 Å². The van der Waals surface area contributed by atoms with E-state index in [1.807, 2.05) is 20.8 Å². The highest BCUT2D eigenvalue weighted by molar-refractivity contribution is 7.92. The highest BCUT2D eigenvalue weighted by Gasteiger charge is 2.31. The highest BCUT2D eigenvalue weighted by Crippen LogP contribution is 2.29. The minimum Gasteiger partial charge on any atom is -0.264 e. The summed E-state index contributed by atoms with van der Waals surface area (Å²) in [5, 5.41) is -1.12. The van der Waals surface area contributed by atoms with E-state index in [2.05, 4.69) is 9.71 Å². The fourth-order valence-electron chi connectivity index (χ4n) is 3.17. The van der Waals surface area contributed by atoms with Crippen molar-refractivity contribution in [3.63, 3.8) is 0 Å². The zero-order chi connectivity index (χ0) is 22.6. The summed E-state index contributed by atoms with van der Waals surface area (Å²) in [6.45, 7) is 5.61. The highest BCUT2D eigenvalue weighted by atomic mass is 32.2. The Balaban J connectivity index is 1.91. The maximum Gasteiger partial charge on any atom is 0.240 e. The topological polar surface area (TPSA) is 93.2 Å². The first kappa shape index (κ1) is 23.1. The number of benzene rings is 2. The number of pyridine rings is 1. The molecule has 1 atom stereocenters. The maximum atomic E-state index is 13.4. The van der Waals surface area contributed by atoms with Gasteiger partial charge in [0.2, 0.25) is 10.0 Å². The molecule has 6 nitrogen and oxygen atoms in total. The average molecular weight is 459 g/mol. The Morgan fingerprint density at radius 1 is 0.839 bits per heavy atom. The predicted molar refractivity (Wildman–Crippen MR) is 121 cm³/mol. The Morgan fingerprint density at radius 2 is 1.45 bits per heavy atom. The summed E-state index contributed by atoms with van der Waals surface area (Å²) in [5.74, 6) is 0.277. The molecule has 0 bridgehead atoms. The molecule has 8 heteroatoms. The number of sulfone groups is 1. The molecule has 164 valence electrons. The Bertz CT molecular complexity index is 1220. The van der Waals surface area contributed by atoms with Gasteiger partial charge in [0.1, 0.15) is 5.25 Å². The smallest absolute Gasteiger partial charge is 0.240 e. The third kappa shape index (κ3) is 5.39. The molecule has 0 fully saturated rings. The molecular formula is C23H26N2O4S2. The summed E-state index contributed by atoms with van der Waals surface area (Å²) < 4.78 is 54.9. The third-order valence-corrected chi connectivity index (χ3v) is 8.65. The zero-order valence-corrected chi connectivity index (χ0v) is 19.3. The van der Waals surface area contributed by atoms with Crippen LogP contribution in [0.2, 0.25) is 0 Å². The molecule has 0 aliphatic carbocycles. The van der Waals surface area contributed by atoms with Gasteiger partial charge >= 0.3 is 0 Å². The van der Waals surface area contributed by atoms with E-state index in [1.54, 1.807) is 42.6 Å². The van der Waals surface area contributed by atoms with Gasteiger partial charge in [-0.25, -0.2) is 21.6 Å². The third-order valence-electron chi connectivity index (χ3n) is 5.10. The summed E-state index contributed by atoms with van der Waals surface area (Å²) >= 11 is 0. The van der Waals surface area contributed by atoms with Crippen molar-refractivity contribution in [1.29, 1.82) is 0 Å². The van der Waals surface area contributed by atoms with E-state index in [0.29, 0.717) is 5.56 Å². The largest absolute Gasteiger partial charge is 0.264 e. The lowest BCUT2D eigenvalue weighted by Gasteiger charge is -2.19. The van der Waals surface area contributed by atoms with Crippen molar-refractivity contribution in [1.82, 2.24) is 9.71 Å². The Labute approximate surface area is 184 Å². The second-order valence-electron chi connectivity index (χ2n) is 7.71. The van der Waals surface area contributed by atoms with Gasteiger partial charge in [0, 0.05) is 18.9 Å². The normalized spacial score (nSPS) is 13.3. The van der Waals surface area contributed by atoms with Gasteiger partial charge in [-0.3, -0.25) is 4.98 Å². The number of nitrogens with one attached hydrogen (secondary N) is 1. The Kier molecular flexibility index (Phi) is 6.93. The van der Waals surface area contributed by atoms with E-state index >= 15 is 0 Å². The second kappa shape index (κ2) is 9.30. The fourth-order valence-corrected chi connectivity index (χ4v) is 5.96. The van der Waals surface area contributed by atoms with Gasteiger partial charge in [-0.05, 0) is 54.3 Å². The summed E-state index contributed by atoms with van der Waals surface area (Å²) in [6, 6.07) is 16.4. The van der Waals surface area contributed by atoms with Gasteiger partial charge in [0.15, 0.2) is 9.84 Å². The number of rotatable bonds is 8. The van der Waals surface area contributed by atoms with Crippen LogP contribution in [0.15, 0.2) is 82.8 Å². The molecule has 31 heavy (non-hydrogen) atoms. The van der Waals surface area contributed by atoms with Crippen molar-refractivity contribution in [2.75, 3.05) is 6.54 Å². The lowest BCUT2D eigenvalue weighted by molar-refractivity contribution is 0.568. The van der Waals surface area contributed by atoms with E-state index in [1.165, 1.54) is 30.5 Å². The number of hydrogen-bond acceptors (Lipinski definition) is 5. The maximum absolute atomic E-state index is 13.4. The summed E-state index contributed by atoms with van der Waals surface area (Å²) in [6.07, 6.45) is 2.99. The van der Waals surface area contributed by atoms with Crippen molar-refractivity contribution < 1.29 is 16.8 Å². The van der Waals surface area contributed by atoms with Crippen LogP contribution in [0, 0.1) is 6.92 Å². The Morgan fingerprint density at radius 3 is 2.00 bits per heavy atom. The first-order valence-electron chi connectivity index (χ1n) is 9.91. The number of hydrogen-bond donors (Lipinski definition) is 1. The average Bonchev–Trinajstić information content (AvgIpc) is 2.75. The van der Waals surface area contributed by atoms with Crippen molar-refractivity contribution in [2.45, 2.75) is 41.7 Å². The van der Waals surface area contributed by atoms with Gasteiger partial charge in [-0.15, -0.1) is 0 Å². The van der Waals surface area contributed by atoms with E-state index in [9.17, 15) is 16.8 Å². The van der Waals surface area contributed by atoms with Crippen LogP contribution in [0.25, 0.3) is 0 Å². The minimum atomic E-state index is -3.89. The van der Waals surface area contributed by atoms with Crippen molar-refractivity contribution in [3.05, 3.63) is 89.7 Å². The molecule has 1 N–H and O–H groups in total. The molecular weight excluding hydrogens is 432 g/mol. The second-order valence-corrected chi connectivity index (χ2v) is 11.6. The number of aromatic nitrogens is 1. The van der Waals surface area contributed by atoms with Crippen LogP contribution in [0.4, 0.5) is 0 Å². The van der Waals surface area contributed by atoms with Gasteiger partial charge in [0.25, 0.3) is 0 Å². The van der Waals surface area contributed by atoms with Gasteiger partial charge in [-0.1, -0.05) is 49.7 Å². The predicted octanol–water partition coefficient (Wildman–Crippen LogP) is 4.01. The quantitative estimate of drug-likeness (QED) is 0.551. The molecule has 0 aliphatic heterocycles. The monoisotopic (exact) mass is 458 g/mol. The van der Waals surface area contributed by atoms with Crippen LogP contribution < -0.4 is 4.72 Å². The number of aryl methyl sites for hydroxylation is 1. The molecule has 0 saturated carbocycles. The SMILES string of the molecule is Cc1ccc(S(=O)(=O)[C@H](CNS(=O)(=O)c2ccc(C(C)C)cc2)c2cccnc2)cc1. The van der Waals surface area contributed by atoms with Crippen molar-refractivity contribution >= 4 is 19.9 Å². The van der Waals surface area contributed by atoms with Crippen LogP contribution in [0.5, 0.6) is 0 Å². The molecule has 1 heterocycles. The van der Waals surface area contributed by atoms with Gasteiger partial charge < -0.3 is 0 Å². The van der Waals surface area contributed by atoms with E-state index < -0.39 is 25.1 Å². The van der Waals surface area contributed by atoms with Crippen molar-refractivity contribution in [3.8, 4) is 0 Å². The summed E-state index contributed by atoms with van der Waals surface area (Å²) in [7, 11) is -7.75. The van der Waals surface area contributed by atoms with Crippen LogP contribution in [-0.4, -0.2) is 28.4 Å². The van der Waals surface area contributed by atoms with E-state index in [-0.39, 0.29) is 22.3 Å². The molecule has 0 saturated heterocycles. The lowest BCUT2D eigenvalue weighted by atomic mass is 10.0. The van der Waals surface area contributed by atoms with Crippen LogP contribution in [0.1, 0.15) is 41.7 Å². The molecule has 2 aromatic carbocycles. The van der Waals surface area contributed by atoms with Gasteiger partial charge in [0.05, 0.1) is 9.79 Å².